The minimum Gasteiger partial charge on any atom is -0.348 e. The van der Waals surface area contributed by atoms with E-state index in [2.05, 4.69) is 26.7 Å². The van der Waals surface area contributed by atoms with Crippen LogP contribution in [0, 0.1) is 0 Å². The lowest BCUT2D eigenvalue weighted by molar-refractivity contribution is 0.115. The normalized spacial score (nSPS) is 17.8. The minimum atomic E-state index is 0.142. The Morgan fingerprint density at radius 2 is 2.09 bits per heavy atom. The van der Waals surface area contributed by atoms with Gasteiger partial charge in [0.1, 0.15) is 0 Å². The van der Waals surface area contributed by atoms with Crippen LogP contribution in [0.3, 0.4) is 0 Å². The highest BCUT2D eigenvalue weighted by Gasteiger charge is 2.34. The summed E-state index contributed by atoms with van der Waals surface area (Å²) in [7, 11) is 0. The summed E-state index contributed by atoms with van der Waals surface area (Å²) in [6.07, 6.45) is 4.40. The number of amides is 2. The molecule has 0 atom stereocenters. The van der Waals surface area contributed by atoms with E-state index in [-0.39, 0.29) is 12.1 Å². The molecule has 1 fully saturated rings. The Bertz CT molecular complexity index is 668. The maximum absolute atomic E-state index is 12.5. The topological polar surface area (TPSA) is 61.4 Å². The first kappa shape index (κ1) is 13.5. The molecule has 2 aromatic heterocycles. The number of carbonyl (C=O) groups is 1. The fourth-order valence-corrected chi connectivity index (χ4v) is 3.78. The number of hydrogen-bond donors (Lipinski definition) is 1. The SMILES string of the molecule is O=C(N1CCc2sccc2C1)N1CC(Nc2ncccn2)C1. The predicted molar refractivity (Wildman–Crippen MR) is 84.8 cm³/mol. The van der Waals surface area contributed by atoms with Crippen LogP contribution in [0.5, 0.6) is 0 Å². The number of anilines is 1. The van der Waals surface area contributed by atoms with E-state index in [0.717, 1.165) is 19.5 Å². The Morgan fingerprint density at radius 3 is 2.91 bits per heavy atom. The van der Waals surface area contributed by atoms with Gasteiger partial charge in [-0.3, -0.25) is 0 Å². The summed E-state index contributed by atoms with van der Waals surface area (Å²) in [5, 5.41) is 5.36. The molecule has 22 heavy (non-hydrogen) atoms. The van der Waals surface area contributed by atoms with Crippen LogP contribution in [-0.4, -0.2) is 51.5 Å². The number of rotatable bonds is 2. The smallest absolute Gasteiger partial charge is 0.320 e. The molecule has 0 bridgehead atoms. The molecule has 0 aliphatic carbocycles. The Balaban J connectivity index is 1.31. The highest BCUT2D eigenvalue weighted by Crippen LogP contribution is 2.25. The van der Waals surface area contributed by atoms with Crippen LogP contribution in [0.2, 0.25) is 0 Å². The van der Waals surface area contributed by atoms with Gasteiger partial charge in [-0.15, -0.1) is 11.3 Å². The van der Waals surface area contributed by atoms with Crippen molar-refractivity contribution >= 4 is 23.3 Å². The quantitative estimate of drug-likeness (QED) is 0.918. The van der Waals surface area contributed by atoms with Crippen LogP contribution in [0.1, 0.15) is 10.4 Å². The molecule has 2 aromatic rings. The van der Waals surface area contributed by atoms with Crippen LogP contribution in [0.25, 0.3) is 0 Å². The van der Waals surface area contributed by atoms with Crippen molar-refractivity contribution in [2.24, 2.45) is 0 Å². The van der Waals surface area contributed by atoms with E-state index in [1.807, 2.05) is 9.80 Å². The fraction of sp³-hybridized carbons (Fsp3) is 0.400. The summed E-state index contributed by atoms with van der Waals surface area (Å²) in [6.45, 7) is 2.99. The average Bonchev–Trinajstić information content (AvgIpc) is 2.98. The summed E-state index contributed by atoms with van der Waals surface area (Å²) in [5.41, 5.74) is 1.30. The third-order valence-corrected chi connectivity index (χ3v) is 5.15. The van der Waals surface area contributed by atoms with Crippen molar-refractivity contribution in [3.05, 3.63) is 40.3 Å². The van der Waals surface area contributed by atoms with Crippen molar-refractivity contribution in [1.82, 2.24) is 19.8 Å². The van der Waals surface area contributed by atoms with Crippen molar-refractivity contribution in [3.63, 3.8) is 0 Å². The van der Waals surface area contributed by atoms with Gasteiger partial charge < -0.3 is 15.1 Å². The Hall–Kier alpha value is -2.15. The molecule has 2 aliphatic rings. The second kappa shape index (κ2) is 5.57. The fourth-order valence-electron chi connectivity index (χ4n) is 2.89. The zero-order valence-corrected chi connectivity index (χ0v) is 12.9. The Kier molecular flexibility index (Phi) is 3.42. The van der Waals surface area contributed by atoms with Crippen LogP contribution in [0.15, 0.2) is 29.9 Å². The molecule has 114 valence electrons. The Morgan fingerprint density at radius 1 is 1.27 bits per heavy atom. The van der Waals surface area contributed by atoms with Gasteiger partial charge in [0.25, 0.3) is 0 Å². The minimum absolute atomic E-state index is 0.142. The van der Waals surface area contributed by atoms with Crippen molar-refractivity contribution in [1.29, 1.82) is 0 Å². The summed E-state index contributed by atoms with van der Waals surface area (Å²) < 4.78 is 0. The second-order valence-corrected chi connectivity index (χ2v) is 6.64. The maximum atomic E-state index is 12.5. The number of nitrogens with one attached hydrogen (secondary N) is 1. The third kappa shape index (κ3) is 2.52. The maximum Gasteiger partial charge on any atom is 0.320 e. The molecule has 2 aliphatic heterocycles. The summed E-state index contributed by atoms with van der Waals surface area (Å²) in [4.78, 5) is 26.1. The van der Waals surface area contributed by atoms with Crippen molar-refractivity contribution in [2.75, 3.05) is 25.0 Å². The number of likely N-dealkylation sites (tertiary alicyclic amines) is 1. The third-order valence-electron chi connectivity index (χ3n) is 4.13. The van der Waals surface area contributed by atoms with E-state index in [4.69, 9.17) is 0 Å². The molecule has 0 radical (unpaired) electrons. The van der Waals surface area contributed by atoms with Crippen molar-refractivity contribution in [2.45, 2.75) is 19.0 Å². The van der Waals surface area contributed by atoms with E-state index in [0.29, 0.717) is 19.0 Å². The number of hydrogen-bond acceptors (Lipinski definition) is 5. The highest BCUT2D eigenvalue weighted by atomic mass is 32.1. The van der Waals surface area contributed by atoms with Gasteiger partial charge in [-0.2, -0.15) is 0 Å². The number of thiophene rings is 1. The molecule has 4 heterocycles. The van der Waals surface area contributed by atoms with Gasteiger partial charge in [-0.25, -0.2) is 14.8 Å². The molecule has 2 amide bonds. The lowest BCUT2D eigenvalue weighted by Gasteiger charge is -2.42. The highest BCUT2D eigenvalue weighted by molar-refractivity contribution is 7.10. The van der Waals surface area contributed by atoms with Gasteiger partial charge in [0.05, 0.1) is 6.04 Å². The molecular formula is C15H17N5OS. The van der Waals surface area contributed by atoms with E-state index in [9.17, 15) is 4.79 Å². The second-order valence-electron chi connectivity index (χ2n) is 5.64. The van der Waals surface area contributed by atoms with Gasteiger partial charge in [0.2, 0.25) is 5.95 Å². The van der Waals surface area contributed by atoms with Gasteiger partial charge >= 0.3 is 6.03 Å². The first-order valence-electron chi connectivity index (χ1n) is 7.42. The molecule has 0 aromatic carbocycles. The van der Waals surface area contributed by atoms with E-state index < -0.39 is 0 Å². The van der Waals surface area contributed by atoms with E-state index >= 15 is 0 Å². The summed E-state index contributed by atoms with van der Waals surface area (Å²) in [6, 6.07) is 4.31. The monoisotopic (exact) mass is 315 g/mol. The average molecular weight is 315 g/mol. The lowest BCUT2D eigenvalue weighted by Crippen LogP contribution is -2.60. The predicted octanol–water partition coefficient (Wildman–Crippen LogP) is 1.81. The van der Waals surface area contributed by atoms with Crippen molar-refractivity contribution in [3.8, 4) is 0 Å². The van der Waals surface area contributed by atoms with Gasteiger partial charge in [0.15, 0.2) is 0 Å². The summed E-state index contributed by atoms with van der Waals surface area (Å²) in [5.74, 6) is 0.625. The number of urea groups is 1. The van der Waals surface area contributed by atoms with E-state index in [1.54, 1.807) is 29.8 Å². The molecule has 0 unspecified atom stereocenters. The largest absolute Gasteiger partial charge is 0.348 e. The molecule has 7 heteroatoms. The summed E-state index contributed by atoms with van der Waals surface area (Å²) >= 11 is 1.79. The number of aromatic nitrogens is 2. The van der Waals surface area contributed by atoms with Crippen LogP contribution in [0.4, 0.5) is 10.7 Å². The van der Waals surface area contributed by atoms with Gasteiger partial charge in [0, 0.05) is 43.4 Å². The molecule has 0 saturated carbocycles. The van der Waals surface area contributed by atoms with Crippen LogP contribution in [-0.2, 0) is 13.0 Å². The zero-order valence-electron chi connectivity index (χ0n) is 12.1. The van der Waals surface area contributed by atoms with Gasteiger partial charge in [-0.05, 0) is 29.5 Å². The van der Waals surface area contributed by atoms with Gasteiger partial charge in [-0.1, -0.05) is 0 Å². The zero-order chi connectivity index (χ0) is 14.9. The number of carbonyl (C=O) groups excluding carboxylic acids is 1. The molecular weight excluding hydrogens is 298 g/mol. The molecule has 4 rings (SSSR count). The van der Waals surface area contributed by atoms with Crippen LogP contribution < -0.4 is 5.32 Å². The number of fused-ring (bicyclic) bond motifs is 1. The van der Waals surface area contributed by atoms with Crippen molar-refractivity contribution < 1.29 is 4.79 Å². The standard InChI is InChI=1S/C15H17N5OS/c21-15(19-6-2-13-11(8-19)3-7-22-13)20-9-12(10-20)18-14-16-4-1-5-17-14/h1,3-5,7,12H,2,6,8-10H2,(H,16,17,18). The lowest BCUT2D eigenvalue weighted by atomic mass is 10.1. The Labute approximate surface area is 132 Å². The first-order valence-corrected chi connectivity index (χ1v) is 8.30. The van der Waals surface area contributed by atoms with Crippen LogP contribution >= 0.6 is 11.3 Å². The number of nitrogens with zero attached hydrogens (tertiary/aromatic N) is 4. The molecule has 0 spiro atoms. The molecule has 1 saturated heterocycles. The molecule has 6 nitrogen and oxygen atoms in total. The molecule has 1 N–H and O–H groups in total. The van der Waals surface area contributed by atoms with E-state index in [1.165, 1.54) is 10.4 Å². The first-order chi connectivity index (χ1) is 10.8.